The fourth-order valence-corrected chi connectivity index (χ4v) is 2.38. The average molecular weight is 233 g/mol. The van der Waals surface area contributed by atoms with E-state index >= 15 is 0 Å². The summed E-state index contributed by atoms with van der Waals surface area (Å²) in [6.07, 6.45) is 3.88. The summed E-state index contributed by atoms with van der Waals surface area (Å²) in [5.41, 5.74) is 1.56. The Balaban J connectivity index is 2.00. The summed E-state index contributed by atoms with van der Waals surface area (Å²) in [7, 11) is 0. The topological polar surface area (TPSA) is 40.5 Å². The number of aromatic carboxylic acids is 1. The number of hydrogen-bond acceptors (Lipinski definition) is 2. The van der Waals surface area contributed by atoms with Crippen LogP contribution >= 0.6 is 0 Å². The number of likely N-dealkylation sites (tertiary alicyclic amines) is 1. The molecule has 2 rings (SSSR count). The molecule has 1 aliphatic rings. The molecule has 3 heteroatoms. The molecule has 1 N–H and O–H groups in total. The highest BCUT2D eigenvalue weighted by atomic mass is 16.4. The maximum absolute atomic E-state index is 10.7. The number of carboxylic acids is 1. The van der Waals surface area contributed by atoms with E-state index in [0.717, 1.165) is 13.1 Å². The van der Waals surface area contributed by atoms with Crippen LogP contribution in [0.5, 0.6) is 0 Å². The van der Waals surface area contributed by atoms with Crippen molar-refractivity contribution in [1.82, 2.24) is 4.90 Å². The molecule has 0 saturated carbocycles. The number of carboxylic acid groups (broad SMARTS) is 1. The van der Waals surface area contributed by atoms with Gasteiger partial charge in [-0.25, -0.2) is 4.79 Å². The second kappa shape index (κ2) is 5.32. The van der Waals surface area contributed by atoms with Crippen LogP contribution in [0.3, 0.4) is 0 Å². The van der Waals surface area contributed by atoms with E-state index in [1.807, 2.05) is 12.1 Å². The van der Waals surface area contributed by atoms with E-state index in [1.54, 1.807) is 12.1 Å². The lowest BCUT2D eigenvalue weighted by Gasteiger charge is -2.33. The minimum absolute atomic E-state index is 0.362. The molecule has 0 spiro atoms. The first-order valence-electron chi connectivity index (χ1n) is 6.23. The van der Waals surface area contributed by atoms with Gasteiger partial charge in [0.2, 0.25) is 0 Å². The second-order valence-corrected chi connectivity index (χ2v) is 4.82. The molecule has 1 aromatic rings. The molecular weight excluding hydrogens is 214 g/mol. The third-order valence-corrected chi connectivity index (χ3v) is 3.53. The molecule has 92 valence electrons. The van der Waals surface area contributed by atoms with E-state index in [9.17, 15) is 4.79 Å². The van der Waals surface area contributed by atoms with Gasteiger partial charge in [0.15, 0.2) is 0 Å². The minimum atomic E-state index is -0.858. The molecule has 1 fully saturated rings. The van der Waals surface area contributed by atoms with Gasteiger partial charge in [0, 0.05) is 12.6 Å². The van der Waals surface area contributed by atoms with Gasteiger partial charge in [0.05, 0.1) is 5.56 Å². The predicted molar refractivity (Wildman–Crippen MR) is 67.1 cm³/mol. The van der Waals surface area contributed by atoms with Crippen LogP contribution in [0.15, 0.2) is 24.3 Å². The monoisotopic (exact) mass is 233 g/mol. The van der Waals surface area contributed by atoms with Crippen LogP contribution in [0, 0.1) is 0 Å². The van der Waals surface area contributed by atoms with Gasteiger partial charge in [-0.3, -0.25) is 4.90 Å². The molecule has 0 unspecified atom stereocenters. The van der Waals surface area contributed by atoms with Crippen LogP contribution in [0.25, 0.3) is 0 Å². The highest BCUT2D eigenvalue weighted by Crippen LogP contribution is 2.19. The zero-order chi connectivity index (χ0) is 12.3. The number of piperidine rings is 1. The summed E-state index contributed by atoms with van der Waals surface area (Å²) in [5, 5.41) is 8.83. The standard InChI is InChI=1S/C14H19NO2/c1-11-4-2-3-9-15(11)10-12-5-7-13(8-6-12)14(16)17/h5-8,11H,2-4,9-10H2,1H3,(H,16,17)/t11-/m1/s1. The van der Waals surface area contributed by atoms with Crippen molar-refractivity contribution in [3.8, 4) is 0 Å². The van der Waals surface area contributed by atoms with Gasteiger partial charge in [-0.1, -0.05) is 18.6 Å². The van der Waals surface area contributed by atoms with Crippen molar-refractivity contribution in [2.75, 3.05) is 6.54 Å². The van der Waals surface area contributed by atoms with Crippen LogP contribution in [0.2, 0.25) is 0 Å². The molecule has 0 aromatic heterocycles. The third kappa shape index (κ3) is 3.07. The molecule has 1 aliphatic heterocycles. The van der Waals surface area contributed by atoms with Crippen molar-refractivity contribution in [1.29, 1.82) is 0 Å². The minimum Gasteiger partial charge on any atom is -0.478 e. The maximum atomic E-state index is 10.7. The Hall–Kier alpha value is -1.35. The zero-order valence-electron chi connectivity index (χ0n) is 10.2. The van der Waals surface area contributed by atoms with E-state index in [1.165, 1.54) is 24.8 Å². The summed E-state index contributed by atoms with van der Waals surface area (Å²) >= 11 is 0. The lowest BCUT2D eigenvalue weighted by Crippen LogP contribution is -2.36. The van der Waals surface area contributed by atoms with Gasteiger partial charge in [0.1, 0.15) is 0 Å². The van der Waals surface area contributed by atoms with Crippen molar-refractivity contribution in [3.63, 3.8) is 0 Å². The molecule has 1 saturated heterocycles. The number of rotatable bonds is 3. The van der Waals surface area contributed by atoms with Crippen molar-refractivity contribution in [3.05, 3.63) is 35.4 Å². The molecule has 1 atom stereocenters. The first-order valence-corrected chi connectivity index (χ1v) is 6.23. The van der Waals surface area contributed by atoms with Crippen LogP contribution < -0.4 is 0 Å². The quantitative estimate of drug-likeness (QED) is 0.872. The van der Waals surface area contributed by atoms with Gasteiger partial charge in [0.25, 0.3) is 0 Å². The summed E-state index contributed by atoms with van der Waals surface area (Å²) in [6, 6.07) is 7.86. The Bertz CT molecular complexity index is 386. The molecular formula is C14H19NO2. The van der Waals surface area contributed by atoms with Gasteiger partial charge in [-0.05, 0) is 44.0 Å². The van der Waals surface area contributed by atoms with Crippen LogP contribution in [-0.2, 0) is 6.54 Å². The second-order valence-electron chi connectivity index (χ2n) is 4.82. The molecule has 3 nitrogen and oxygen atoms in total. The van der Waals surface area contributed by atoms with Gasteiger partial charge in [-0.15, -0.1) is 0 Å². The average Bonchev–Trinajstić information content (AvgIpc) is 2.33. The fraction of sp³-hybridized carbons (Fsp3) is 0.500. The Morgan fingerprint density at radius 1 is 1.35 bits per heavy atom. The smallest absolute Gasteiger partial charge is 0.335 e. The van der Waals surface area contributed by atoms with E-state index in [-0.39, 0.29) is 0 Å². The van der Waals surface area contributed by atoms with E-state index in [4.69, 9.17) is 5.11 Å². The van der Waals surface area contributed by atoms with E-state index in [0.29, 0.717) is 11.6 Å². The van der Waals surface area contributed by atoms with Gasteiger partial charge < -0.3 is 5.11 Å². The number of benzene rings is 1. The lowest BCUT2D eigenvalue weighted by molar-refractivity contribution is 0.0697. The highest BCUT2D eigenvalue weighted by Gasteiger charge is 2.17. The molecule has 0 aliphatic carbocycles. The van der Waals surface area contributed by atoms with Crippen LogP contribution in [-0.4, -0.2) is 28.6 Å². The lowest BCUT2D eigenvalue weighted by atomic mass is 10.0. The SMILES string of the molecule is C[C@@H]1CCCCN1Cc1ccc(C(=O)O)cc1. The highest BCUT2D eigenvalue weighted by molar-refractivity contribution is 5.87. The van der Waals surface area contributed by atoms with Crippen molar-refractivity contribution >= 4 is 5.97 Å². The summed E-state index contributed by atoms with van der Waals surface area (Å²) in [4.78, 5) is 13.2. The summed E-state index contributed by atoms with van der Waals surface area (Å²) < 4.78 is 0. The van der Waals surface area contributed by atoms with E-state index < -0.39 is 5.97 Å². The molecule has 0 bridgehead atoms. The Kier molecular flexibility index (Phi) is 3.79. The predicted octanol–water partition coefficient (Wildman–Crippen LogP) is 2.76. The molecule has 17 heavy (non-hydrogen) atoms. The molecule has 0 amide bonds. The van der Waals surface area contributed by atoms with E-state index in [2.05, 4.69) is 11.8 Å². The Labute approximate surface area is 102 Å². The normalized spacial score (nSPS) is 21.4. The fourth-order valence-electron chi connectivity index (χ4n) is 2.38. The van der Waals surface area contributed by atoms with Crippen LogP contribution in [0.1, 0.15) is 42.1 Å². The van der Waals surface area contributed by atoms with Crippen molar-refractivity contribution < 1.29 is 9.90 Å². The zero-order valence-corrected chi connectivity index (χ0v) is 10.2. The van der Waals surface area contributed by atoms with Crippen LogP contribution in [0.4, 0.5) is 0 Å². The first-order chi connectivity index (χ1) is 8.16. The number of hydrogen-bond donors (Lipinski definition) is 1. The molecule has 1 heterocycles. The maximum Gasteiger partial charge on any atom is 0.335 e. The molecule has 0 radical (unpaired) electrons. The summed E-state index contributed by atoms with van der Waals surface area (Å²) in [5.74, 6) is -0.858. The Morgan fingerprint density at radius 3 is 2.65 bits per heavy atom. The van der Waals surface area contributed by atoms with Crippen molar-refractivity contribution in [2.24, 2.45) is 0 Å². The Morgan fingerprint density at radius 2 is 2.06 bits per heavy atom. The third-order valence-electron chi connectivity index (χ3n) is 3.53. The summed E-state index contributed by atoms with van der Waals surface area (Å²) in [6.45, 7) is 4.35. The van der Waals surface area contributed by atoms with Gasteiger partial charge >= 0.3 is 5.97 Å². The molecule has 1 aromatic carbocycles. The number of carbonyl (C=O) groups is 1. The van der Waals surface area contributed by atoms with Gasteiger partial charge in [-0.2, -0.15) is 0 Å². The van der Waals surface area contributed by atoms with Crippen molar-refractivity contribution in [2.45, 2.75) is 38.8 Å². The largest absolute Gasteiger partial charge is 0.478 e. The number of nitrogens with zero attached hydrogens (tertiary/aromatic N) is 1. The first kappa shape index (κ1) is 12.1.